The van der Waals surface area contributed by atoms with Crippen molar-refractivity contribution < 1.29 is 4.74 Å². The third kappa shape index (κ3) is 4.75. The lowest BCUT2D eigenvalue weighted by Crippen LogP contribution is -2.34. The highest BCUT2D eigenvalue weighted by Crippen LogP contribution is 2.19. The number of ether oxygens (including phenoxy) is 1. The fourth-order valence-corrected chi connectivity index (χ4v) is 3.33. The Morgan fingerprint density at radius 1 is 1.53 bits per heavy atom. The molecule has 0 bridgehead atoms. The fraction of sp³-hybridized carbons (Fsp3) is 1.00. The van der Waals surface area contributed by atoms with E-state index in [2.05, 4.69) is 26.2 Å². The molecule has 0 amide bonds. The lowest BCUT2D eigenvalue weighted by atomic mass is 10.0. The Bertz CT molecular complexity index is 160. The van der Waals surface area contributed by atoms with E-state index in [1.807, 2.05) is 11.8 Å². The Kier molecular flexibility index (Phi) is 6.69. The Morgan fingerprint density at radius 3 is 2.87 bits per heavy atom. The van der Waals surface area contributed by atoms with E-state index in [0.717, 1.165) is 12.5 Å². The number of nitrogens with one attached hydrogen (secondary N) is 1. The van der Waals surface area contributed by atoms with Gasteiger partial charge in [-0.1, -0.05) is 20.3 Å². The molecule has 0 saturated carbocycles. The number of thioether (sulfide) groups is 1. The van der Waals surface area contributed by atoms with Crippen LogP contribution in [0.5, 0.6) is 0 Å². The normalized spacial score (nSPS) is 25.4. The lowest BCUT2D eigenvalue weighted by Gasteiger charge is -2.22. The van der Waals surface area contributed by atoms with Crippen molar-refractivity contribution in [1.29, 1.82) is 0 Å². The first-order valence-corrected chi connectivity index (χ1v) is 7.30. The van der Waals surface area contributed by atoms with E-state index < -0.39 is 0 Å². The summed E-state index contributed by atoms with van der Waals surface area (Å²) < 4.78 is 5.61. The van der Waals surface area contributed by atoms with Crippen molar-refractivity contribution in [2.45, 2.75) is 45.3 Å². The van der Waals surface area contributed by atoms with Crippen LogP contribution in [0.3, 0.4) is 0 Å². The third-order valence-corrected chi connectivity index (χ3v) is 4.53. The zero-order valence-corrected chi connectivity index (χ0v) is 11.1. The molecule has 1 aliphatic heterocycles. The molecular weight excluding hydrogens is 206 g/mol. The van der Waals surface area contributed by atoms with Crippen LogP contribution in [0.2, 0.25) is 0 Å². The van der Waals surface area contributed by atoms with Crippen LogP contribution in [0.4, 0.5) is 0 Å². The van der Waals surface area contributed by atoms with Crippen LogP contribution < -0.4 is 5.32 Å². The van der Waals surface area contributed by atoms with Gasteiger partial charge in [-0.05, 0) is 25.8 Å². The number of hydrogen-bond acceptors (Lipinski definition) is 3. The monoisotopic (exact) mass is 231 g/mol. The summed E-state index contributed by atoms with van der Waals surface area (Å²) in [4.78, 5) is 0. The summed E-state index contributed by atoms with van der Waals surface area (Å²) in [5.41, 5.74) is 0. The van der Waals surface area contributed by atoms with Crippen LogP contribution in [-0.4, -0.2) is 37.3 Å². The first kappa shape index (κ1) is 13.3. The molecule has 1 fully saturated rings. The largest absolute Gasteiger partial charge is 0.377 e. The van der Waals surface area contributed by atoms with Gasteiger partial charge in [0.05, 0.1) is 6.10 Å². The van der Waals surface area contributed by atoms with E-state index in [1.54, 1.807) is 0 Å². The zero-order chi connectivity index (χ0) is 11.1. The molecule has 0 radical (unpaired) electrons. The topological polar surface area (TPSA) is 21.3 Å². The fourth-order valence-electron chi connectivity index (χ4n) is 1.92. The standard InChI is InChI=1S/C12H25NOS/c1-4-10(2)12(13-3)9-15-8-11-6-5-7-14-11/h10-13H,4-9H2,1-3H3. The second-order valence-corrected chi connectivity index (χ2v) is 5.53. The van der Waals surface area contributed by atoms with Crippen molar-refractivity contribution in [3.05, 3.63) is 0 Å². The smallest absolute Gasteiger partial charge is 0.0666 e. The van der Waals surface area contributed by atoms with Crippen molar-refractivity contribution in [3.8, 4) is 0 Å². The van der Waals surface area contributed by atoms with E-state index in [9.17, 15) is 0 Å². The second kappa shape index (κ2) is 7.53. The summed E-state index contributed by atoms with van der Waals surface area (Å²) in [6.07, 6.45) is 4.31. The van der Waals surface area contributed by atoms with Gasteiger partial charge in [0.1, 0.15) is 0 Å². The van der Waals surface area contributed by atoms with Crippen LogP contribution in [0.25, 0.3) is 0 Å². The van der Waals surface area contributed by atoms with Gasteiger partial charge in [-0.3, -0.25) is 0 Å². The highest BCUT2D eigenvalue weighted by molar-refractivity contribution is 7.99. The molecule has 0 spiro atoms. The van der Waals surface area contributed by atoms with Gasteiger partial charge in [0.15, 0.2) is 0 Å². The maximum absolute atomic E-state index is 5.61. The summed E-state index contributed by atoms with van der Waals surface area (Å²) in [5, 5.41) is 3.42. The Balaban J connectivity index is 2.10. The van der Waals surface area contributed by atoms with Crippen LogP contribution in [-0.2, 0) is 4.74 Å². The van der Waals surface area contributed by atoms with Crippen molar-refractivity contribution >= 4 is 11.8 Å². The van der Waals surface area contributed by atoms with E-state index in [-0.39, 0.29) is 0 Å². The van der Waals surface area contributed by atoms with Crippen molar-refractivity contribution in [2.75, 3.05) is 25.2 Å². The minimum atomic E-state index is 0.532. The van der Waals surface area contributed by atoms with E-state index >= 15 is 0 Å². The average molecular weight is 231 g/mol. The minimum absolute atomic E-state index is 0.532. The summed E-state index contributed by atoms with van der Waals surface area (Å²) in [5.74, 6) is 3.16. The number of hydrogen-bond donors (Lipinski definition) is 1. The molecule has 1 aliphatic rings. The Hall–Kier alpha value is 0.270. The molecule has 1 N–H and O–H groups in total. The number of rotatable bonds is 7. The average Bonchev–Trinajstić information content (AvgIpc) is 2.76. The Morgan fingerprint density at radius 2 is 2.33 bits per heavy atom. The molecule has 3 atom stereocenters. The van der Waals surface area contributed by atoms with Crippen LogP contribution >= 0.6 is 11.8 Å². The lowest BCUT2D eigenvalue weighted by molar-refractivity contribution is 0.129. The molecule has 1 saturated heterocycles. The molecule has 0 aliphatic carbocycles. The molecule has 3 unspecified atom stereocenters. The molecule has 0 aromatic rings. The predicted octanol–water partition coefficient (Wildman–Crippen LogP) is 2.53. The van der Waals surface area contributed by atoms with Gasteiger partial charge in [0, 0.05) is 24.2 Å². The van der Waals surface area contributed by atoms with Gasteiger partial charge in [0.25, 0.3) is 0 Å². The zero-order valence-electron chi connectivity index (χ0n) is 10.3. The quantitative estimate of drug-likeness (QED) is 0.727. The van der Waals surface area contributed by atoms with Crippen molar-refractivity contribution in [1.82, 2.24) is 5.32 Å². The maximum Gasteiger partial charge on any atom is 0.0666 e. The van der Waals surface area contributed by atoms with Gasteiger partial charge < -0.3 is 10.1 Å². The van der Waals surface area contributed by atoms with E-state index in [0.29, 0.717) is 12.1 Å². The Labute approximate surface area is 98.5 Å². The highest BCUT2D eigenvalue weighted by Gasteiger charge is 2.17. The molecule has 2 nitrogen and oxygen atoms in total. The SMILES string of the molecule is CCC(C)C(CSCC1CCCO1)NC. The summed E-state index contributed by atoms with van der Waals surface area (Å²) in [6.45, 7) is 5.57. The maximum atomic E-state index is 5.61. The minimum Gasteiger partial charge on any atom is -0.377 e. The first-order valence-electron chi connectivity index (χ1n) is 6.14. The van der Waals surface area contributed by atoms with E-state index in [4.69, 9.17) is 4.74 Å². The van der Waals surface area contributed by atoms with Crippen molar-refractivity contribution in [3.63, 3.8) is 0 Å². The second-order valence-electron chi connectivity index (χ2n) is 4.45. The van der Waals surface area contributed by atoms with Crippen LogP contribution in [0.15, 0.2) is 0 Å². The van der Waals surface area contributed by atoms with Gasteiger partial charge >= 0.3 is 0 Å². The summed E-state index contributed by atoms with van der Waals surface area (Å²) >= 11 is 2.04. The molecule has 3 heteroatoms. The van der Waals surface area contributed by atoms with Gasteiger partial charge in [-0.2, -0.15) is 11.8 Å². The molecule has 1 heterocycles. The third-order valence-electron chi connectivity index (χ3n) is 3.33. The van der Waals surface area contributed by atoms with Crippen LogP contribution in [0, 0.1) is 5.92 Å². The van der Waals surface area contributed by atoms with Gasteiger partial charge in [-0.15, -0.1) is 0 Å². The molecule has 90 valence electrons. The summed E-state index contributed by atoms with van der Waals surface area (Å²) in [7, 11) is 2.07. The predicted molar refractivity (Wildman–Crippen MR) is 68.6 cm³/mol. The molecule has 0 aromatic carbocycles. The highest BCUT2D eigenvalue weighted by atomic mass is 32.2. The molecule has 15 heavy (non-hydrogen) atoms. The van der Waals surface area contributed by atoms with E-state index in [1.165, 1.54) is 30.8 Å². The van der Waals surface area contributed by atoms with Crippen molar-refractivity contribution in [2.24, 2.45) is 5.92 Å². The van der Waals surface area contributed by atoms with Crippen LogP contribution in [0.1, 0.15) is 33.1 Å². The molecular formula is C12H25NOS. The van der Waals surface area contributed by atoms with Gasteiger partial charge in [0.2, 0.25) is 0 Å². The first-order chi connectivity index (χ1) is 7.27. The molecule has 1 rings (SSSR count). The summed E-state index contributed by atoms with van der Waals surface area (Å²) in [6, 6.07) is 0.654. The van der Waals surface area contributed by atoms with Gasteiger partial charge in [-0.25, -0.2) is 0 Å². The molecule has 0 aromatic heterocycles.